The van der Waals surface area contributed by atoms with Gasteiger partial charge in [-0.05, 0) is 69.3 Å². The maximum absolute atomic E-state index is 12.2. The molecule has 0 aliphatic carbocycles. The molecule has 0 bridgehead atoms. The minimum Gasteiger partial charge on any atom is -0.210 e. The number of aryl methyl sites for hydroxylation is 2. The van der Waals surface area contributed by atoms with E-state index in [0.717, 1.165) is 13.8 Å². The lowest BCUT2D eigenvalue weighted by molar-refractivity contribution is 0.583. The fourth-order valence-corrected chi connectivity index (χ4v) is 5.87. The SMILES string of the molecule is Cc1ccc(CCNS(=O)(=O)c2cc(Br)c(Br)s2)c(C)c1. The minimum atomic E-state index is -3.44. The molecule has 2 rings (SSSR count). The highest BCUT2D eigenvalue weighted by molar-refractivity contribution is 9.13. The lowest BCUT2D eigenvalue weighted by atomic mass is 10.0. The van der Waals surface area contributed by atoms with Gasteiger partial charge >= 0.3 is 0 Å². The van der Waals surface area contributed by atoms with Crippen LogP contribution >= 0.6 is 43.2 Å². The van der Waals surface area contributed by atoms with Crippen LogP contribution in [0.2, 0.25) is 0 Å². The normalized spacial score (nSPS) is 11.8. The van der Waals surface area contributed by atoms with Crippen LogP contribution in [0, 0.1) is 13.8 Å². The first-order chi connectivity index (χ1) is 9.79. The largest absolute Gasteiger partial charge is 0.250 e. The van der Waals surface area contributed by atoms with Crippen molar-refractivity contribution < 1.29 is 8.42 Å². The maximum Gasteiger partial charge on any atom is 0.250 e. The van der Waals surface area contributed by atoms with Gasteiger partial charge in [-0.15, -0.1) is 11.3 Å². The number of thiophene rings is 1. The van der Waals surface area contributed by atoms with E-state index >= 15 is 0 Å². The van der Waals surface area contributed by atoms with Gasteiger partial charge in [-0.3, -0.25) is 0 Å². The molecule has 7 heteroatoms. The second-order valence-electron chi connectivity index (χ2n) is 4.76. The monoisotopic (exact) mass is 451 g/mol. The molecular weight excluding hydrogens is 438 g/mol. The third kappa shape index (κ3) is 4.39. The summed E-state index contributed by atoms with van der Waals surface area (Å²) in [5.74, 6) is 0. The van der Waals surface area contributed by atoms with Gasteiger partial charge < -0.3 is 0 Å². The summed E-state index contributed by atoms with van der Waals surface area (Å²) in [6.07, 6.45) is 0.680. The van der Waals surface area contributed by atoms with Gasteiger partial charge in [0.25, 0.3) is 0 Å². The molecule has 0 radical (unpaired) electrons. The van der Waals surface area contributed by atoms with Crippen LogP contribution in [0.4, 0.5) is 0 Å². The van der Waals surface area contributed by atoms with Crippen LogP contribution in [-0.4, -0.2) is 15.0 Å². The smallest absolute Gasteiger partial charge is 0.210 e. The molecule has 0 amide bonds. The van der Waals surface area contributed by atoms with Crippen LogP contribution in [-0.2, 0) is 16.4 Å². The number of rotatable bonds is 5. The standard InChI is InChI=1S/C14H15Br2NO2S2/c1-9-3-4-11(10(2)7-9)5-6-17-21(18,19)13-8-12(15)14(16)20-13/h3-4,7-8,17H,5-6H2,1-2H3. The number of halogens is 2. The Kier molecular flexibility index (Phi) is 5.65. The zero-order valence-corrected chi connectivity index (χ0v) is 16.4. The van der Waals surface area contributed by atoms with Gasteiger partial charge in [0.1, 0.15) is 4.21 Å². The molecule has 1 heterocycles. The molecule has 0 spiro atoms. The Balaban J connectivity index is 2.02. The van der Waals surface area contributed by atoms with E-state index in [9.17, 15) is 8.42 Å². The van der Waals surface area contributed by atoms with E-state index in [1.54, 1.807) is 6.07 Å². The summed E-state index contributed by atoms with van der Waals surface area (Å²) < 4.78 is 28.9. The van der Waals surface area contributed by atoms with E-state index < -0.39 is 10.0 Å². The number of sulfonamides is 1. The predicted molar refractivity (Wildman–Crippen MR) is 94.5 cm³/mol. The van der Waals surface area contributed by atoms with Crippen molar-refractivity contribution in [2.45, 2.75) is 24.5 Å². The molecule has 1 N–H and O–H groups in total. The molecule has 1 aromatic heterocycles. The Morgan fingerprint density at radius 1 is 1.19 bits per heavy atom. The van der Waals surface area contributed by atoms with Crippen LogP contribution in [0.3, 0.4) is 0 Å². The molecule has 0 unspecified atom stereocenters. The molecule has 2 aromatic rings. The first-order valence-electron chi connectivity index (χ1n) is 6.30. The molecule has 0 saturated heterocycles. The number of hydrogen-bond acceptors (Lipinski definition) is 3. The van der Waals surface area contributed by atoms with Gasteiger partial charge in [-0.2, -0.15) is 0 Å². The zero-order chi connectivity index (χ0) is 15.6. The zero-order valence-electron chi connectivity index (χ0n) is 11.6. The molecule has 0 aliphatic heterocycles. The molecule has 0 aliphatic rings. The van der Waals surface area contributed by atoms with Crippen molar-refractivity contribution in [1.29, 1.82) is 0 Å². The number of nitrogens with one attached hydrogen (secondary N) is 1. The second-order valence-corrected chi connectivity index (χ2v) is 9.98. The Hall–Kier alpha value is -0.210. The maximum atomic E-state index is 12.2. The van der Waals surface area contributed by atoms with Gasteiger partial charge in [0.05, 0.1) is 3.79 Å². The van der Waals surface area contributed by atoms with Crippen LogP contribution in [0.15, 0.2) is 36.7 Å². The predicted octanol–water partition coefficient (Wildman–Crippen LogP) is 4.41. The van der Waals surface area contributed by atoms with E-state index in [4.69, 9.17) is 0 Å². The van der Waals surface area contributed by atoms with Crippen LogP contribution in [0.5, 0.6) is 0 Å². The summed E-state index contributed by atoms with van der Waals surface area (Å²) in [4.78, 5) is 0. The van der Waals surface area contributed by atoms with Crippen molar-refractivity contribution in [3.63, 3.8) is 0 Å². The number of hydrogen-bond donors (Lipinski definition) is 1. The Morgan fingerprint density at radius 2 is 1.90 bits per heavy atom. The third-order valence-electron chi connectivity index (χ3n) is 3.07. The van der Waals surface area contributed by atoms with E-state index in [1.165, 1.54) is 22.5 Å². The summed E-state index contributed by atoms with van der Waals surface area (Å²) in [6, 6.07) is 7.81. The van der Waals surface area contributed by atoms with E-state index in [2.05, 4.69) is 48.7 Å². The molecule has 114 valence electrons. The first kappa shape index (κ1) is 17.1. The van der Waals surface area contributed by atoms with Crippen molar-refractivity contribution in [2.75, 3.05) is 6.54 Å². The van der Waals surface area contributed by atoms with Gasteiger partial charge in [0.2, 0.25) is 10.0 Å². The summed E-state index contributed by atoms with van der Waals surface area (Å²) in [7, 11) is -3.44. The van der Waals surface area contributed by atoms with Crippen LogP contribution < -0.4 is 4.72 Å². The minimum absolute atomic E-state index is 0.307. The van der Waals surface area contributed by atoms with Crippen molar-refractivity contribution in [3.8, 4) is 0 Å². The lowest BCUT2D eigenvalue weighted by Gasteiger charge is -2.08. The molecular formula is C14H15Br2NO2S2. The van der Waals surface area contributed by atoms with Gasteiger partial charge in [0, 0.05) is 11.0 Å². The average molecular weight is 453 g/mol. The van der Waals surface area contributed by atoms with Crippen LogP contribution in [0.25, 0.3) is 0 Å². The van der Waals surface area contributed by atoms with Gasteiger partial charge in [-0.1, -0.05) is 23.8 Å². The molecule has 0 fully saturated rings. The molecule has 0 saturated carbocycles. The lowest BCUT2D eigenvalue weighted by Crippen LogP contribution is -2.25. The fourth-order valence-electron chi connectivity index (χ4n) is 1.98. The van der Waals surface area contributed by atoms with E-state index in [1.807, 2.05) is 19.9 Å². The van der Waals surface area contributed by atoms with Gasteiger partial charge in [0.15, 0.2) is 0 Å². The highest BCUT2D eigenvalue weighted by Gasteiger charge is 2.18. The van der Waals surface area contributed by atoms with Crippen molar-refractivity contribution in [1.82, 2.24) is 4.72 Å². The van der Waals surface area contributed by atoms with Crippen molar-refractivity contribution in [3.05, 3.63) is 49.2 Å². The van der Waals surface area contributed by atoms with Crippen molar-refractivity contribution >= 4 is 53.2 Å². The third-order valence-corrected chi connectivity index (χ3v) is 8.26. The highest BCUT2D eigenvalue weighted by atomic mass is 79.9. The summed E-state index contributed by atoms with van der Waals surface area (Å²) in [5.41, 5.74) is 3.57. The number of benzene rings is 1. The Labute approximate surface area is 146 Å². The topological polar surface area (TPSA) is 46.2 Å². The quantitative estimate of drug-likeness (QED) is 0.730. The van der Waals surface area contributed by atoms with Crippen molar-refractivity contribution in [2.24, 2.45) is 0 Å². The molecule has 1 aromatic carbocycles. The first-order valence-corrected chi connectivity index (χ1v) is 10.2. The molecule has 0 atom stereocenters. The van der Waals surface area contributed by atoms with Crippen LogP contribution in [0.1, 0.15) is 16.7 Å². The summed E-state index contributed by atoms with van der Waals surface area (Å²) in [5, 5.41) is 0. The molecule has 21 heavy (non-hydrogen) atoms. The highest BCUT2D eigenvalue weighted by Crippen LogP contribution is 2.34. The second kappa shape index (κ2) is 6.91. The molecule has 3 nitrogen and oxygen atoms in total. The summed E-state index contributed by atoms with van der Waals surface area (Å²) >= 11 is 7.80. The average Bonchev–Trinajstić information content (AvgIpc) is 2.73. The van der Waals surface area contributed by atoms with E-state index in [0.29, 0.717) is 17.2 Å². The fraction of sp³-hybridized carbons (Fsp3) is 0.286. The van der Waals surface area contributed by atoms with E-state index in [-0.39, 0.29) is 0 Å². The summed E-state index contributed by atoms with van der Waals surface area (Å²) in [6.45, 7) is 4.48. The Bertz CT molecular complexity index is 735. The Morgan fingerprint density at radius 3 is 2.48 bits per heavy atom. The van der Waals surface area contributed by atoms with Gasteiger partial charge in [-0.25, -0.2) is 13.1 Å².